The third kappa shape index (κ3) is 6.10. The number of carbonyl (C=O) groups is 2. The van der Waals surface area contributed by atoms with E-state index in [1.54, 1.807) is 18.2 Å². The first-order valence-electron chi connectivity index (χ1n) is 7.98. The van der Waals surface area contributed by atoms with Gasteiger partial charge in [-0.05, 0) is 55.8 Å². The highest BCUT2D eigenvalue weighted by molar-refractivity contribution is 5.96. The summed E-state index contributed by atoms with van der Waals surface area (Å²) in [7, 11) is 0. The van der Waals surface area contributed by atoms with Gasteiger partial charge in [0, 0.05) is 5.56 Å². The standard InChI is InChI=1S/C19H21N3O3/c1-3-25-17-9-7-15(8-10-17)12-21-22-18(23)13-20-19(24)16-6-4-5-14(2)11-16/h4-12H,3,13H2,1-2H3,(H,20,24)(H,22,23)/b21-12+. The third-order valence-corrected chi connectivity index (χ3v) is 3.28. The molecule has 0 saturated heterocycles. The lowest BCUT2D eigenvalue weighted by Crippen LogP contribution is -2.34. The van der Waals surface area contributed by atoms with E-state index in [4.69, 9.17) is 4.74 Å². The average molecular weight is 339 g/mol. The second kappa shape index (κ2) is 9.22. The second-order valence-electron chi connectivity index (χ2n) is 5.35. The van der Waals surface area contributed by atoms with Gasteiger partial charge in [-0.15, -0.1) is 0 Å². The minimum atomic E-state index is -0.400. The highest BCUT2D eigenvalue weighted by Crippen LogP contribution is 2.10. The predicted octanol–water partition coefficient (Wildman–Crippen LogP) is 2.27. The summed E-state index contributed by atoms with van der Waals surface area (Å²) >= 11 is 0. The smallest absolute Gasteiger partial charge is 0.259 e. The monoisotopic (exact) mass is 339 g/mol. The lowest BCUT2D eigenvalue weighted by Gasteiger charge is -2.05. The third-order valence-electron chi connectivity index (χ3n) is 3.28. The minimum absolute atomic E-state index is 0.145. The molecule has 6 heteroatoms. The molecule has 2 rings (SSSR count). The molecule has 0 aliphatic heterocycles. The van der Waals surface area contributed by atoms with Crippen LogP contribution in [0.3, 0.4) is 0 Å². The SMILES string of the molecule is CCOc1ccc(/C=N/NC(=O)CNC(=O)c2cccc(C)c2)cc1. The summed E-state index contributed by atoms with van der Waals surface area (Å²) in [5, 5.41) is 6.42. The predicted molar refractivity (Wildman–Crippen MR) is 96.9 cm³/mol. The molecule has 2 N–H and O–H groups in total. The molecule has 0 aliphatic carbocycles. The number of rotatable bonds is 7. The number of carbonyl (C=O) groups excluding carboxylic acids is 2. The number of aryl methyl sites for hydroxylation is 1. The minimum Gasteiger partial charge on any atom is -0.494 e. The molecule has 0 unspecified atom stereocenters. The zero-order valence-corrected chi connectivity index (χ0v) is 14.3. The van der Waals surface area contributed by atoms with Crippen molar-refractivity contribution in [2.24, 2.45) is 5.10 Å². The highest BCUT2D eigenvalue weighted by atomic mass is 16.5. The van der Waals surface area contributed by atoms with Crippen molar-refractivity contribution in [2.45, 2.75) is 13.8 Å². The number of hydrogen-bond acceptors (Lipinski definition) is 4. The molecule has 130 valence electrons. The molecule has 2 aromatic carbocycles. The topological polar surface area (TPSA) is 79.8 Å². The Kier molecular flexibility index (Phi) is 6.71. The normalized spacial score (nSPS) is 10.5. The first kappa shape index (κ1) is 18.2. The fraction of sp³-hybridized carbons (Fsp3) is 0.211. The molecule has 2 aromatic rings. The first-order valence-corrected chi connectivity index (χ1v) is 7.98. The van der Waals surface area contributed by atoms with Gasteiger partial charge in [0.05, 0.1) is 19.4 Å². The van der Waals surface area contributed by atoms with Gasteiger partial charge < -0.3 is 10.1 Å². The number of nitrogens with zero attached hydrogens (tertiary/aromatic N) is 1. The van der Waals surface area contributed by atoms with Gasteiger partial charge >= 0.3 is 0 Å². The van der Waals surface area contributed by atoms with Crippen molar-refractivity contribution in [2.75, 3.05) is 13.2 Å². The fourth-order valence-corrected chi connectivity index (χ4v) is 2.08. The Hall–Kier alpha value is -3.15. The lowest BCUT2D eigenvalue weighted by molar-refractivity contribution is -0.120. The second-order valence-corrected chi connectivity index (χ2v) is 5.35. The molecule has 0 fully saturated rings. The van der Waals surface area contributed by atoms with E-state index in [0.717, 1.165) is 16.9 Å². The van der Waals surface area contributed by atoms with Crippen LogP contribution < -0.4 is 15.5 Å². The van der Waals surface area contributed by atoms with E-state index < -0.39 is 5.91 Å². The van der Waals surface area contributed by atoms with Crippen LogP contribution in [0.1, 0.15) is 28.4 Å². The van der Waals surface area contributed by atoms with E-state index in [9.17, 15) is 9.59 Å². The summed E-state index contributed by atoms with van der Waals surface area (Å²) in [5.74, 6) is 0.0834. The largest absolute Gasteiger partial charge is 0.494 e. The maximum atomic E-state index is 11.9. The Morgan fingerprint density at radius 2 is 1.92 bits per heavy atom. The molecule has 0 radical (unpaired) electrons. The molecular formula is C19H21N3O3. The summed E-state index contributed by atoms with van der Waals surface area (Å²) < 4.78 is 5.35. The Bertz CT molecular complexity index is 755. The van der Waals surface area contributed by atoms with Crippen molar-refractivity contribution in [1.29, 1.82) is 0 Å². The number of benzene rings is 2. The molecule has 6 nitrogen and oxygen atoms in total. The van der Waals surface area contributed by atoms with E-state index in [2.05, 4.69) is 15.8 Å². The molecule has 0 aliphatic rings. The van der Waals surface area contributed by atoms with E-state index in [1.165, 1.54) is 6.21 Å². The number of amides is 2. The Balaban J connectivity index is 1.77. The van der Waals surface area contributed by atoms with Crippen LogP contribution in [0, 0.1) is 6.92 Å². The van der Waals surface area contributed by atoms with Crippen LogP contribution in [-0.2, 0) is 4.79 Å². The van der Waals surface area contributed by atoms with Crippen molar-refractivity contribution in [3.05, 3.63) is 65.2 Å². The van der Waals surface area contributed by atoms with Gasteiger partial charge in [0.25, 0.3) is 11.8 Å². The van der Waals surface area contributed by atoms with Crippen molar-refractivity contribution in [1.82, 2.24) is 10.7 Å². The molecular weight excluding hydrogens is 318 g/mol. The molecule has 0 saturated carbocycles. The summed E-state index contributed by atoms with van der Waals surface area (Å²) in [6, 6.07) is 14.5. The van der Waals surface area contributed by atoms with E-state index >= 15 is 0 Å². The van der Waals surface area contributed by atoms with Gasteiger partial charge in [0.1, 0.15) is 5.75 Å². The molecule has 2 amide bonds. The molecule has 0 heterocycles. The number of ether oxygens (including phenoxy) is 1. The van der Waals surface area contributed by atoms with Crippen LogP contribution in [0.4, 0.5) is 0 Å². The van der Waals surface area contributed by atoms with Crippen molar-refractivity contribution in [3.63, 3.8) is 0 Å². The van der Waals surface area contributed by atoms with Crippen LogP contribution in [-0.4, -0.2) is 31.2 Å². The Morgan fingerprint density at radius 1 is 1.16 bits per heavy atom. The number of hydrazone groups is 1. The van der Waals surface area contributed by atoms with E-state index in [0.29, 0.717) is 12.2 Å². The van der Waals surface area contributed by atoms with E-state index in [1.807, 2.05) is 44.2 Å². The van der Waals surface area contributed by atoms with Crippen molar-refractivity contribution < 1.29 is 14.3 Å². The summed E-state index contributed by atoms with van der Waals surface area (Å²) in [6.45, 7) is 4.28. The maximum Gasteiger partial charge on any atom is 0.259 e. The number of hydrogen-bond donors (Lipinski definition) is 2. The maximum absolute atomic E-state index is 11.9. The fourth-order valence-electron chi connectivity index (χ4n) is 2.08. The quantitative estimate of drug-likeness (QED) is 0.600. The Morgan fingerprint density at radius 3 is 2.60 bits per heavy atom. The van der Waals surface area contributed by atoms with Crippen LogP contribution in [0.5, 0.6) is 5.75 Å². The van der Waals surface area contributed by atoms with Crippen molar-refractivity contribution in [3.8, 4) is 5.75 Å². The van der Waals surface area contributed by atoms with Crippen LogP contribution in [0.25, 0.3) is 0 Å². The van der Waals surface area contributed by atoms with Crippen LogP contribution in [0.15, 0.2) is 53.6 Å². The molecule has 0 spiro atoms. The van der Waals surface area contributed by atoms with Gasteiger partial charge in [-0.2, -0.15) is 5.10 Å². The highest BCUT2D eigenvalue weighted by Gasteiger charge is 2.07. The van der Waals surface area contributed by atoms with Gasteiger partial charge in [-0.1, -0.05) is 17.7 Å². The first-order chi connectivity index (χ1) is 12.1. The van der Waals surface area contributed by atoms with Crippen LogP contribution in [0.2, 0.25) is 0 Å². The lowest BCUT2D eigenvalue weighted by atomic mass is 10.1. The van der Waals surface area contributed by atoms with Gasteiger partial charge in [-0.3, -0.25) is 9.59 Å². The van der Waals surface area contributed by atoms with Gasteiger partial charge in [0.2, 0.25) is 0 Å². The zero-order valence-electron chi connectivity index (χ0n) is 14.3. The summed E-state index contributed by atoms with van der Waals surface area (Å²) in [5.41, 5.74) is 4.70. The van der Waals surface area contributed by atoms with E-state index in [-0.39, 0.29) is 12.5 Å². The van der Waals surface area contributed by atoms with Crippen LogP contribution >= 0.6 is 0 Å². The van der Waals surface area contributed by atoms with Gasteiger partial charge in [-0.25, -0.2) is 5.43 Å². The molecule has 0 bridgehead atoms. The van der Waals surface area contributed by atoms with Gasteiger partial charge in [0.15, 0.2) is 0 Å². The average Bonchev–Trinajstić information content (AvgIpc) is 2.61. The molecule has 0 atom stereocenters. The van der Waals surface area contributed by atoms with Crippen molar-refractivity contribution >= 4 is 18.0 Å². The number of nitrogens with one attached hydrogen (secondary N) is 2. The zero-order chi connectivity index (χ0) is 18.1. The molecule has 25 heavy (non-hydrogen) atoms. The molecule has 0 aromatic heterocycles. The Labute approximate surface area is 146 Å². The summed E-state index contributed by atoms with van der Waals surface area (Å²) in [4.78, 5) is 23.7. The summed E-state index contributed by atoms with van der Waals surface area (Å²) in [6.07, 6.45) is 1.52.